The molecule has 0 aliphatic rings. The van der Waals surface area contributed by atoms with E-state index in [1.54, 1.807) is 11.3 Å². The van der Waals surface area contributed by atoms with Crippen LogP contribution in [0.2, 0.25) is 0 Å². The number of aryl methyl sites for hydroxylation is 1. The van der Waals surface area contributed by atoms with Crippen molar-refractivity contribution >= 4 is 28.8 Å². The molecule has 0 aliphatic heterocycles. The fraction of sp³-hybridized carbons (Fsp3) is 0.133. The largest absolute Gasteiger partial charge is 0.481 e. The molecule has 0 atom stereocenters. The lowest BCUT2D eigenvalue weighted by atomic mass is 10.1. The summed E-state index contributed by atoms with van der Waals surface area (Å²) >= 11 is 2.93. The molecule has 6 heteroatoms. The van der Waals surface area contributed by atoms with Gasteiger partial charge in [0.1, 0.15) is 5.69 Å². The number of carboxylic acid groups (broad SMARTS) is 1. The monoisotopic (exact) mass is 316 g/mol. The first-order chi connectivity index (χ1) is 10.3. The van der Waals surface area contributed by atoms with Gasteiger partial charge in [0.2, 0.25) is 0 Å². The minimum atomic E-state index is -0.783. The van der Waals surface area contributed by atoms with Gasteiger partial charge >= 0.3 is 5.97 Å². The van der Waals surface area contributed by atoms with Crippen LogP contribution in [0.1, 0.15) is 11.3 Å². The standard InChI is InChI=1S/C15H12N2O2S2/c18-13(19)7-6-12-11(8-9-20-12)14-15(21-17-16-14)10-4-2-1-3-5-10/h1-5,8-9H,6-7H2,(H,18,19). The van der Waals surface area contributed by atoms with E-state index in [0.717, 1.165) is 26.6 Å². The summed E-state index contributed by atoms with van der Waals surface area (Å²) in [5.74, 6) is -0.783. The van der Waals surface area contributed by atoms with E-state index in [1.165, 1.54) is 11.5 Å². The molecule has 1 aromatic carbocycles. The molecule has 0 amide bonds. The van der Waals surface area contributed by atoms with E-state index in [0.29, 0.717) is 6.42 Å². The highest BCUT2D eigenvalue weighted by Gasteiger charge is 2.17. The SMILES string of the molecule is O=C(O)CCc1sccc1-c1nnsc1-c1ccccc1. The number of hydrogen-bond donors (Lipinski definition) is 1. The molecule has 0 spiro atoms. The summed E-state index contributed by atoms with van der Waals surface area (Å²) in [6, 6.07) is 12.0. The Morgan fingerprint density at radius 3 is 2.76 bits per heavy atom. The van der Waals surface area contributed by atoms with Gasteiger partial charge in [0, 0.05) is 10.4 Å². The quantitative estimate of drug-likeness (QED) is 0.774. The fourth-order valence-corrected chi connectivity index (χ4v) is 3.67. The van der Waals surface area contributed by atoms with Gasteiger partial charge in [-0.3, -0.25) is 4.79 Å². The topological polar surface area (TPSA) is 63.1 Å². The van der Waals surface area contributed by atoms with E-state index < -0.39 is 5.97 Å². The van der Waals surface area contributed by atoms with Crippen LogP contribution in [0.3, 0.4) is 0 Å². The van der Waals surface area contributed by atoms with Crippen LogP contribution in [0, 0.1) is 0 Å². The fourth-order valence-electron chi connectivity index (χ4n) is 2.11. The van der Waals surface area contributed by atoms with Crippen LogP contribution < -0.4 is 0 Å². The van der Waals surface area contributed by atoms with E-state index in [9.17, 15) is 4.79 Å². The molecular formula is C15H12N2O2S2. The van der Waals surface area contributed by atoms with Gasteiger partial charge in [-0.15, -0.1) is 16.4 Å². The van der Waals surface area contributed by atoms with Gasteiger partial charge in [-0.1, -0.05) is 34.8 Å². The number of aromatic nitrogens is 2. The van der Waals surface area contributed by atoms with Crippen LogP contribution in [0.15, 0.2) is 41.8 Å². The number of benzene rings is 1. The zero-order valence-electron chi connectivity index (χ0n) is 11.0. The van der Waals surface area contributed by atoms with Gasteiger partial charge in [-0.05, 0) is 35.0 Å². The first-order valence-corrected chi connectivity index (χ1v) is 8.07. The second-order valence-electron chi connectivity index (χ2n) is 4.47. The van der Waals surface area contributed by atoms with E-state index in [-0.39, 0.29) is 6.42 Å². The van der Waals surface area contributed by atoms with Crippen molar-refractivity contribution in [2.24, 2.45) is 0 Å². The number of nitrogens with zero attached hydrogens (tertiary/aromatic N) is 2. The third-order valence-corrected chi connectivity index (χ3v) is 4.85. The number of carboxylic acids is 1. The third-order valence-electron chi connectivity index (χ3n) is 3.09. The Balaban J connectivity index is 1.98. The molecule has 1 N–H and O–H groups in total. The smallest absolute Gasteiger partial charge is 0.303 e. The van der Waals surface area contributed by atoms with Crippen molar-refractivity contribution in [3.8, 4) is 21.7 Å². The molecule has 0 saturated carbocycles. The summed E-state index contributed by atoms with van der Waals surface area (Å²) in [6.07, 6.45) is 0.653. The van der Waals surface area contributed by atoms with Crippen LogP contribution in [0.4, 0.5) is 0 Å². The Kier molecular flexibility index (Phi) is 4.08. The van der Waals surface area contributed by atoms with Crippen LogP contribution >= 0.6 is 22.9 Å². The number of carbonyl (C=O) groups is 1. The lowest BCUT2D eigenvalue weighted by Gasteiger charge is -2.03. The number of hydrogen-bond acceptors (Lipinski definition) is 5. The molecule has 2 aromatic heterocycles. The van der Waals surface area contributed by atoms with Gasteiger partial charge in [0.05, 0.1) is 11.3 Å². The van der Waals surface area contributed by atoms with Crippen molar-refractivity contribution in [1.82, 2.24) is 9.59 Å². The van der Waals surface area contributed by atoms with E-state index in [4.69, 9.17) is 5.11 Å². The maximum Gasteiger partial charge on any atom is 0.303 e. The molecule has 0 bridgehead atoms. The first kappa shape index (κ1) is 13.9. The van der Waals surface area contributed by atoms with Crippen LogP contribution in [0.25, 0.3) is 21.7 Å². The Bertz CT molecular complexity index is 750. The normalized spacial score (nSPS) is 10.7. The zero-order chi connectivity index (χ0) is 14.7. The highest BCUT2D eigenvalue weighted by molar-refractivity contribution is 7.11. The molecular weight excluding hydrogens is 304 g/mol. The molecule has 0 unspecified atom stereocenters. The van der Waals surface area contributed by atoms with Crippen molar-refractivity contribution in [2.75, 3.05) is 0 Å². The summed E-state index contributed by atoms with van der Waals surface area (Å²) in [6.45, 7) is 0. The molecule has 2 heterocycles. The van der Waals surface area contributed by atoms with Crippen molar-refractivity contribution < 1.29 is 9.90 Å². The number of thiophene rings is 1. The van der Waals surface area contributed by atoms with Gasteiger partial charge in [0.15, 0.2) is 0 Å². The second kappa shape index (κ2) is 6.15. The first-order valence-electron chi connectivity index (χ1n) is 6.42. The van der Waals surface area contributed by atoms with E-state index in [1.807, 2.05) is 41.8 Å². The minimum Gasteiger partial charge on any atom is -0.481 e. The lowest BCUT2D eigenvalue weighted by molar-refractivity contribution is -0.136. The molecule has 3 aromatic rings. The van der Waals surface area contributed by atoms with Crippen LogP contribution in [-0.2, 0) is 11.2 Å². The maximum absolute atomic E-state index is 10.8. The predicted octanol–water partition coefficient (Wildman–Crippen LogP) is 3.95. The summed E-state index contributed by atoms with van der Waals surface area (Å²) in [5.41, 5.74) is 2.92. The highest BCUT2D eigenvalue weighted by Crippen LogP contribution is 2.37. The van der Waals surface area contributed by atoms with Crippen molar-refractivity contribution in [3.63, 3.8) is 0 Å². The Hall–Kier alpha value is -2.05. The number of rotatable bonds is 5. The van der Waals surface area contributed by atoms with Gasteiger partial charge < -0.3 is 5.11 Å². The van der Waals surface area contributed by atoms with Crippen molar-refractivity contribution in [3.05, 3.63) is 46.7 Å². The molecule has 4 nitrogen and oxygen atoms in total. The molecule has 3 rings (SSSR count). The Labute approximate surface area is 129 Å². The van der Waals surface area contributed by atoms with E-state index >= 15 is 0 Å². The van der Waals surface area contributed by atoms with Crippen LogP contribution in [-0.4, -0.2) is 20.7 Å². The Morgan fingerprint density at radius 1 is 1.19 bits per heavy atom. The van der Waals surface area contributed by atoms with Crippen molar-refractivity contribution in [2.45, 2.75) is 12.8 Å². The minimum absolute atomic E-state index is 0.131. The molecule has 0 aliphatic carbocycles. The number of aliphatic carboxylic acids is 1. The molecule has 0 saturated heterocycles. The van der Waals surface area contributed by atoms with Crippen LogP contribution in [0.5, 0.6) is 0 Å². The van der Waals surface area contributed by atoms with E-state index in [2.05, 4.69) is 9.59 Å². The average molecular weight is 316 g/mol. The maximum atomic E-state index is 10.8. The molecule has 0 radical (unpaired) electrons. The molecule has 0 fully saturated rings. The predicted molar refractivity (Wildman–Crippen MR) is 84.6 cm³/mol. The van der Waals surface area contributed by atoms with Gasteiger partial charge in [-0.2, -0.15) is 0 Å². The highest BCUT2D eigenvalue weighted by atomic mass is 32.1. The second-order valence-corrected chi connectivity index (χ2v) is 6.22. The zero-order valence-corrected chi connectivity index (χ0v) is 12.7. The summed E-state index contributed by atoms with van der Waals surface area (Å²) < 4.78 is 4.07. The average Bonchev–Trinajstić information content (AvgIpc) is 3.14. The van der Waals surface area contributed by atoms with Gasteiger partial charge in [-0.25, -0.2) is 0 Å². The van der Waals surface area contributed by atoms with Crippen molar-refractivity contribution in [1.29, 1.82) is 0 Å². The van der Waals surface area contributed by atoms with Gasteiger partial charge in [0.25, 0.3) is 0 Å². The third kappa shape index (κ3) is 3.01. The Morgan fingerprint density at radius 2 is 2.00 bits per heavy atom. The lowest BCUT2D eigenvalue weighted by Crippen LogP contribution is -1.97. The summed E-state index contributed by atoms with van der Waals surface area (Å²) in [4.78, 5) is 12.8. The summed E-state index contributed by atoms with van der Waals surface area (Å²) in [5, 5.41) is 15.1. The molecule has 106 valence electrons. The molecule has 21 heavy (non-hydrogen) atoms. The summed E-state index contributed by atoms with van der Waals surface area (Å²) in [7, 11) is 0.